The molecule has 0 aromatic rings. The predicted octanol–water partition coefficient (Wildman–Crippen LogP) is 4.13. The van der Waals surface area contributed by atoms with Crippen LogP contribution in [0.1, 0.15) is 73.6 Å². The topological polar surface area (TPSA) is 38.7 Å². The second-order valence-electron chi connectivity index (χ2n) is 7.78. The molecule has 0 spiro atoms. The highest BCUT2D eigenvalue weighted by molar-refractivity contribution is 4.75. The number of hydrogen-bond donors (Lipinski definition) is 1. The summed E-state index contributed by atoms with van der Waals surface area (Å²) in [5, 5.41) is 9.56. The highest BCUT2D eigenvalue weighted by atomic mass is 16.7. The van der Waals surface area contributed by atoms with E-state index >= 15 is 0 Å². The molecule has 1 saturated heterocycles. The Morgan fingerprint density at radius 1 is 1.10 bits per heavy atom. The summed E-state index contributed by atoms with van der Waals surface area (Å²) in [5.74, 6) is 0.586. The van der Waals surface area contributed by atoms with E-state index in [4.69, 9.17) is 9.47 Å². The monoisotopic (exact) mass is 286 g/mol. The lowest BCUT2D eigenvalue weighted by molar-refractivity contribution is -0.252. The van der Waals surface area contributed by atoms with Crippen molar-refractivity contribution in [2.24, 2.45) is 11.3 Å². The summed E-state index contributed by atoms with van der Waals surface area (Å²) in [6, 6.07) is 0. The molecule has 0 radical (unpaired) electrons. The molecule has 0 amide bonds. The van der Waals surface area contributed by atoms with Crippen LogP contribution >= 0.6 is 0 Å². The Balaban J connectivity index is 2.50. The minimum Gasteiger partial charge on any atom is -0.393 e. The maximum atomic E-state index is 9.56. The van der Waals surface area contributed by atoms with E-state index in [9.17, 15) is 5.11 Å². The zero-order valence-electron chi connectivity index (χ0n) is 14.2. The average Bonchev–Trinajstić information content (AvgIpc) is 2.24. The summed E-state index contributed by atoms with van der Waals surface area (Å²) in [7, 11) is 0. The van der Waals surface area contributed by atoms with Crippen LogP contribution in [-0.2, 0) is 9.47 Å². The number of aliphatic hydroxyl groups is 1. The lowest BCUT2D eigenvalue weighted by Crippen LogP contribution is -2.40. The van der Waals surface area contributed by atoms with Crippen molar-refractivity contribution in [2.45, 2.75) is 98.2 Å². The fourth-order valence-electron chi connectivity index (χ4n) is 3.23. The minimum atomic E-state index is -0.303. The van der Waals surface area contributed by atoms with Gasteiger partial charge in [-0.1, -0.05) is 34.6 Å². The maximum Gasteiger partial charge on any atom is 0.158 e. The zero-order chi connectivity index (χ0) is 15.3. The summed E-state index contributed by atoms with van der Waals surface area (Å²) >= 11 is 0. The molecule has 20 heavy (non-hydrogen) atoms. The average molecular weight is 286 g/mol. The first-order chi connectivity index (χ1) is 9.19. The van der Waals surface area contributed by atoms with Gasteiger partial charge in [0.1, 0.15) is 0 Å². The van der Waals surface area contributed by atoms with Crippen molar-refractivity contribution in [3.63, 3.8) is 0 Å². The highest BCUT2D eigenvalue weighted by Gasteiger charge is 2.31. The summed E-state index contributed by atoms with van der Waals surface area (Å²) in [6.07, 6.45) is 4.77. The Labute approximate surface area is 125 Å². The zero-order valence-corrected chi connectivity index (χ0v) is 14.2. The van der Waals surface area contributed by atoms with E-state index in [0.717, 1.165) is 19.3 Å². The van der Waals surface area contributed by atoms with Gasteiger partial charge in [0.2, 0.25) is 0 Å². The standard InChI is InChI=1S/C17H34O3/c1-7-14-10-15(9-13(3)18)20-16(19-14)8-12(2)11-17(4,5)6/h12-16,18H,7-11H2,1-6H3. The molecule has 0 saturated carbocycles. The third-order valence-corrected chi connectivity index (χ3v) is 3.83. The largest absolute Gasteiger partial charge is 0.393 e. The summed E-state index contributed by atoms with van der Waals surface area (Å²) in [6.45, 7) is 13.1. The SMILES string of the molecule is CCC1CC(CC(C)O)OC(CC(C)CC(C)(C)C)O1. The quantitative estimate of drug-likeness (QED) is 0.798. The van der Waals surface area contributed by atoms with E-state index in [-0.39, 0.29) is 24.6 Å². The van der Waals surface area contributed by atoms with Gasteiger partial charge in [0.15, 0.2) is 6.29 Å². The molecule has 3 nitrogen and oxygen atoms in total. The number of aliphatic hydroxyl groups excluding tert-OH is 1. The number of ether oxygens (including phenoxy) is 2. The summed E-state index contributed by atoms with van der Waals surface area (Å²) in [4.78, 5) is 0. The van der Waals surface area contributed by atoms with E-state index in [2.05, 4.69) is 34.6 Å². The van der Waals surface area contributed by atoms with Gasteiger partial charge in [0.25, 0.3) is 0 Å². The van der Waals surface area contributed by atoms with Crippen LogP contribution in [0.3, 0.4) is 0 Å². The Morgan fingerprint density at radius 2 is 1.70 bits per heavy atom. The second kappa shape index (κ2) is 7.77. The number of hydrogen-bond acceptors (Lipinski definition) is 3. The molecule has 1 aliphatic rings. The molecule has 5 unspecified atom stereocenters. The van der Waals surface area contributed by atoms with Gasteiger partial charge >= 0.3 is 0 Å². The molecule has 5 atom stereocenters. The molecular weight excluding hydrogens is 252 g/mol. The van der Waals surface area contributed by atoms with E-state index in [0.29, 0.717) is 17.8 Å². The lowest BCUT2D eigenvalue weighted by Gasteiger charge is -2.37. The van der Waals surface area contributed by atoms with Gasteiger partial charge in [-0.25, -0.2) is 0 Å². The van der Waals surface area contributed by atoms with Crippen molar-refractivity contribution in [1.82, 2.24) is 0 Å². The van der Waals surface area contributed by atoms with Crippen molar-refractivity contribution in [2.75, 3.05) is 0 Å². The maximum absolute atomic E-state index is 9.56. The van der Waals surface area contributed by atoms with Gasteiger partial charge in [-0.3, -0.25) is 0 Å². The third-order valence-electron chi connectivity index (χ3n) is 3.83. The van der Waals surface area contributed by atoms with Crippen molar-refractivity contribution in [3.05, 3.63) is 0 Å². The van der Waals surface area contributed by atoms with Crippen LogP contribution in [0.25, 0.3) is 0 Å². The minimum absolute atomic E-state index is 0.102. The van der Waals surface area contributed by atoms with E-state index in [1.54, 1.807) is 0 Å². The summed E-state index contributed by atoms with van der Waals surface area (Å²) < 4.78 is 12.1. The van der Waals surface area contributed by atoms with Gasteiger partial charge in [-0.05, 0) is 37.5 Å². The molecule has 1 aliphatic heterocycles. The molecule has 0 aromatic heterocycles. The van der Waals surface area contributed by atoms with Crippen molar-refractivity contribution in [3.8, 4) is 0 Å². The first-order valence-corrected chi connectivity index (χ1v) is 8.18. The van der Waals surface area contributed by atoms with Crippen molar-refractivity contribution < 1.29 is 14.6 Å². The van der Waals surface area contributed by atoms with Gasteiger partial charge in [0, 0.05) is 12.8 Å². The molecule has 1 fully saturated rings. The highest BCUT2D eigenvalue weighted by Crippen LogP contribution is 2.31. The van der Waals surface area contributed by atoms with Gasteiger partial charge in [-0.15, -0.1) is 0 Å². The van der Waals surface area contributed by atoms with Crippen LogP contribution in [-0.4, -0.2) is 29.7 Å². The van der Waals surface area contributed by atoms with Crippen LogP contribution in [0.15, 0.2) is 0 Å². The van der Waals surface area contributed by atoms with Crippen molar-refractivity contribution in [1.29, 1.82) is 0 Å². The predicted molar refractivity (Wildman–Crippen MR) is 82.6 cm³/mol. The molecule has 0 bridgehead atoms. The summed E-state index contributed by atoms with van der Waals surface area (Å²) in [5.41, 5.74) is 0.344. The van der Waals surface area contributed by atoms with Crippen LogP contribution in [0.5, 0.6) is 0 Å². The van der Waals surface area contributed by atoms with Crippen LogP contribution in [0.4, 0.5) is 0 Å². The fraction of sp³-hybridized carbons (Fsp3) is 1.00. The lowest BCUT2D eigenvalue weighted by atomic mass is 9.84. The Morgan fingerprint density at radius 3 is 2.20 bits per heavy atom. The molecule has 1 N–H and O–H groups in total. The van der Waals surface area contributed by atoms with Crippen LogP contribution in [0.2, 0.25) is 0 Å². The first kappa shape index (κ1) is 17.9. The van der Waals surface area contributed by atoms with Gasteiger partial charge in [-0.2, -0.15) is 0 Å². The molecular formula is C17H34O3. The molecule has 1 rings (SSSR count). The molecule has 120 valence electrons. The Bertz CT molecular complexity index is 270. The fourth-order valence-corrected chi connectivity index (χ4v) is 3.23. The van der Waals surface area contributed by atoms with Gasteiger partial charge < -0.3 is 14.6 Å². The van der Waals surface area contributed by atoms with Crippen molar-refractivity contribution >= 4 is 0 Å². The first-order valence-electron chi connectivity index (χ1n) is 8.18. The Kier molecular flexibility index (Phi) is 6.96. The van der Waals surface area contributed by atoms with Crippen LogP contribution < -0.4 is 0 Å². The second-order valence-corrected chi connectivity index (χ2v) is 7.78. The van der Waals surface area contributed by atoms with E-state index in [1.165, 1.54) is 6.42 Å². The third kappa shape index (κ3) is 7.05. The van der Waals surface area contributed by atoms with E-state index < -0.39 is 0 Å². The number of rotatable bonds is 6. The molecule has 0 aromatic carbocycles. The Hall–Kier alpha value is -0.120. The van der Waals surface area contributed by atoms with Gasteiger partial charge in [0.05, 0.1) is 18.3 Å². The molecule has 1 heterocycles. The molecule has 0 aliphatic carbocycles. The van der Waals surface area contributed by atoms with Crippen LogP contribution in [0, 0.1) is 11.3 Å². The normalized spacial score (nSPS) is 31.1. The smallest absolute Gasteiger partial charge is 0.158 e. The van der Waals surface area contributed by atoms with E-state index in [1.807, 2.05) is 6.92 Å². The molecule has 3 heteroatoms.